The average Bonchev–Trinajstić information content (AvgIpc) is 2.52. The number of hydrogen-bond donors (Lipinski definition) is 1. The standard InChI is InChI=1S/C15H22N2O4.ClH/c1-19-12-7-6-11(13(20-2)14(12)21-3)15(18)17-8-4-5-10(16)9-17;/h6-7,10H,4-5,8-9,16H2,1-3H3;1H. The highest BCUT2D eigenvalue weighted by molar-refractivity contribution is 5.98. The van der Waals surface area contributed by atoms with Crippen LogP contribution < -0.4 is 19.9 Å². The minimum atomic E-state index is -0.0945. The van der Waals surface area contributed by atoms with Crippen LogP contribution in [-0.2, 0) is 0 Å². The number of carbonyl (C=O) groups is 1. The molecule has 1 aromatic rings. The van der Waals surface area contributed by atoms with Crippen LogP contribution in [0.25, 0.3) is 0 Å². The summed E-state index contributed by atoms with van der Waals surface area (Å²) in [4.78, 5) is 14.4. The molecule has 1 fully saturated rings. The molecule has 1 atom stereocenters. The summed E-state index contributed by atoms with van der Waals surface area (Å²) < 4.78 is 15.9. The molecule has 0 aliphatic carbocycles. The van der Waals surface area contributed by atoms with E-state index in [0.29, 0.717) is 35.9 Å². The lowest BCUT2D eigenvalue weighted by Crippen LogP contribution is -2.45. The molecule has 1 heterocycles. The molecule has 0 radical (unpaired) electrons. The molecule has 2 N–H and O–H groups in total. The minimum Gasteiger partial charge on any atom is -0.493 e. The Morgan fingerprint density at radius 3 is 2.41 bits per heavy atom. The minimum absolute atomic E-state index is 0. The van der Waals surface area contributed by atoms with Gasteiger partial charge in [-0.25, -0.2) is 0 Å². The lowest BCUT2D eigenvalue weighted by molar-refractivity contribution is 0.0704. The van der Waals surface area contributed by atoms with Crippen LogP contribution in [0.3, 0.4) is 0 Å². The number of ether oxygens (including phenoxy) is 3. The number of benzene rings is 1. The number of piperidine rings is 1. The van der Waals surface area contributed by atoms with Crippen LogP contribution in [0.2, 0.25) is 0 Å². The Morgan fingerprint density at radius 1 is 1.18 bits per heavy atom. The first-order chi connectivity index (χ1) is 10.1. The van der Waals surface area contributed by atoms with E-state index in [-0.39, 0.29) is 24.4 Å². The first-order valence-corrected chi connectivity index (χ1v) is 6.96. The fourth-order valence-electron chi connectivity index (χ4n) is 2.63. The Kier molecular flexibility index (Phi) is 6.77. The van der Waals surface area contributed by atoms with Gasteiger partial charge in [0, 0.05) is 19.1 Å². The van der Waals surface area contributed by atoms with Gasteiger partial charge in [0.1, 0.15) is 0 Å². The van der Waals surface area contributed by atoms with Gasteiger partial charge in [-0.1, -0.05) is 0 Å². The number of carbonyl (C=O) groups excluding carboxylic acids is 1. The van der Waals surface area contributed by atoms with Gasteiger partial charge < -0.3 is 24.8 Å². The molecule has 1 unspecified atom stereocenters. The Labute approximate surface area is 136 Å². The van der Waals surface area contributed by atoms with Gasteiger partial charge in [-0.2, -0.15) is 0 Å². The van der Waals surface area contributed by atoms with E-state index in [1.165, 1.54) is 14.2 Å². The van der Waals surface area contributed by atoms with Crippen molar-refractivity contribution in [2.24, 2.45) is 5.73 Å². The maximum Gasteiger partial charge on any atom is 0.257 e. The van der Waals surface area contributed by atoms with E-state index in [2.05, 4.69) is 0 Å². The number of nitrogens with zero attached hydrogens (tertiary/aromatic N) is 1. The van der Waals surface area contributed by atoms with Crippen LogP contribution in [0.5, 0.6) is 17.2 Å². The van der Waals surface area contributed by atoms with Crippen molar-refractivity contribution in [1.82, 2.24) is 4.90 Å². The summed E-state index contributed by atoms with van der Waals surface area (Å²) in [7, 11) is 4.57. The number of nitrogens with two attached hydrogens (primary N) is 1. The van der Waals surface area contributed by atoms with Crippen LogP contribution in [0, 0.1) is 0 Å². The van der Waals surface area contributed by atoms with E-state index in [0.717, 1.165) is 12.8 Å². The lowest BCUT2D eigenvalue weighted by Gasteiger charge is -2.31. The van der Waals surface area contributed by atoms with Crippen LogP contribution in [0.4, 0.5) is 0 Å². The van der Waals surface area contributed by atoms with Crippen LogP contribution in [-0.4, -0.2) is 51.3 Å². The van der Waals surface area contributed by atoms with Crippen LogP contribution >= 0.6 is 12.4 Å². The first-order valence-electron chi connectivity index (χ1n) is 6.96. The average molecular weight is 331 g/mol. The molecule has 1 aliphatic rings. The number of rotatable bonds is 4. The van der Waals surface area contributed by atoms with Crippen molar-refractivity contribution in [3.05, 3.63) is 17.7 Å². The summed E-state index contributed by atoms with van der Waals surface area (Å²) in [5.41, 5.74) is 6.41. The second-order valence-corrected chi connectivity index (χ2v) is 5.04. The lowest BCUT2D eigenvalue weighted by atomic mass is 10.0. The number of methoxy groups -OCH3 is 3. The molecule has 1 aliphatic heterocycles. The topological polar surface area (TPSA) is 74.0 Å². The number of halogens is 1. The van der Waals surface area contributed by atoms with Gasteiger partial charge in [0.05, 0.1) is 26.9 Å². The summed E-state index contributed by atoms with van der Waals surface area (Å²) >= 11 is 0. The maximum absolute atomic E-state index is 12.7. The molecule has 1 aromatic carbocycles. The van der Waals surface area contributed by atoms with Crippen molar-refractivity contribution in [3.63, 3.8) is 0 Å². The van der Waals surface area contributed by atoms with E-state index in [9.17, 15) is 4.79 Å². The van der Waals surface area contributed by atoms with Crippen molar-refractivity contribution < 1.29 is 19.0 Å². The van der Waals surface area contributed by atoms with Crippen molar-refractivity contribution in [1.29, 1.82) is 0 Å². The fourth-order valence-corrected chi connectivity index (χ4v) is 2.63. The highest BCUT2D eigenvalue weighted by Gasteiger charge is 2.27. The van der Waals surface area contributed by atoms with Gasteiger partial charge in [0.2, 0.25) is 5.75 Å². The summed E-state index contributed by atoms with van der Waals surface area (Å²) in [6.07, 6.45) is 1.87. The number of amides is 1. The molecule has 0 spiro atoms. The third-order valence-corrected chi connectivity index (χ3v) is 3.68. The fraction of sp³-hybridized carbons (Fsp3) is 0.533. The zero-order chi connectivity index (χ0) is 15.4. The van der Waals surface area contributed by atoms with Gasteiger partial charge in [-0.15, -0.1) is 12.4 Å². The van der Waals surface area contributed by atoms with Gasteiger partial charge in [0.15, 0.2) is 11.5 Å². The molecule has 2 rings (SSSR count). The second kappa shape index (κ2) is 8.10. The van der Waals surface area contributed by atoms with E-state index >= 15 is 0 Å². The predicted molar refractivity (Wildman–Crippen MR) is 86.5 cm³/mol. The summed E-state index contributed by atoms with van der Waals surface area (Å²) in [6.45, 7) is 1.28. The Bertz CT molecular complexity index is 525. The van der Waals surface area contributed by atoms with Crippen molar-refractivity contribution in [3.8, 4) is 17.2 Å². The normalized spacial score (nSPS) is 17.5. The van der Waals surface area contributed by atoms with Gasteiger partial charge in [-0.3, -0.25) is 4.79 Å². The van der Waals surface area contributed by atoms with Crippen LogP contribution in [0.15, 0.2) is 12.1 Å². The third-order valence-electron chi connectivity index (χ3n) is 3.68. The molecule has 0 bridgehead atoms. The summed E-state index contributed by atoms with van der Waals surface area (Å²) in [6, 6.07) is 3.44. The molecule has 1 saturated heterocycles. The third kappa shape index (κ3) is 3.56. The smallest absolute Gasteiger partial charge is 0.257 e. The van der Waals surface area contributed by atoms with Crippen molar-refractivity contribution in [2.45, 2.75) is 18.9 Å². The molecular weight excluding hydrogens is 308 g/mol. The molecule has 124 valence electrons. The first kappa shape index (κ1) is 18.4. The Hall–Kier alpha value is -1.66. The zero-order valence-electron chi connectivity index (χ0n) is 13.1. The molecule has 0 saturated carbocycles. The number of hydrogen-bond acceptors (Lipinski definition) is 5. The molecule has 7 heteroatoms. The van der Waals surface area contributed by atoms with E-state index < -0.39 is 0 Å². The quantitative estimate of drug-likeness (QED) is 0.909. The Balaban J connectivity index is 0.00000242. The van der Waals surface area contributed by atoms with Gasteiger partial charge >= 0.3 is 0 Å². The van der Waals surface area contributed by atoms with Crippen LogP contribution in [0.1, 0.15) is 23.2 Å². The molecule has 1 amide bonds. The van der Waals surface area contributed by atoms with Gasteiger partial charge in [-0.05, 0) is 25.0 Å². The number of likely N-dealkylation sites (tertiary alicyclic amines) is 1. The summed E-state index contributed by atoms with van der Waals surface area (Å²) in [5, 5.41) is 0. The largest absolute Gasteiger partial charge is 0.493 e. The SMILES string of the molecule is COc1ccc(C(=O)N2CCCC(N)C2)c(OC)c1OC.Cl. The molecule has 6 nitrogen and oxygen atoms in total. The summed E-state index contributed by atoms with van der Waals surface area (Å²) in [5.74, 6) is 1.25. The van der Waals surface area contributed by atoms with E-state index in [1.807, 2.05) is 0 Å². The Morgan fingerprint density at radius 2 is 1.86 bits per heavy atom. The molecule has 22 heavy (non-hydrogen) atoms. The van der Waals surface area contributed by atoms with Crippen molar-refractivity contribution in [2.75, 3.05) is 34.4 Å². The van der Waals surface area contributed by atoms with E-state index in [4.69, 9.17) is 19.9 Å². The highest BCUT2D eigenvalue weighted by atomic mass is 35.5. The molecular formula is C15H23ClN2O4. The predicted octanol–water partition coefficient (Wildman–Crippen LogP) is 1.70. The maximum atomic E-state index is 12.7. The van der Waals surface area contributed by atoms with E-state index in [1.54, 1.807) is 24.1 Å². The second-order valence-electron chi connectivity index (χ2n) is 5.04. The van der Waals surface area contributed by atoms with Gasteiger partial charge in [0.25, 0.3) is 5.91 Å². The highest BCUT2D eigenvalue weighted by Crippen LogP contribution is 2.40. The molecule has 0 aromatic heterocycles. The monoisotopic (exact) mass is 330 g/mol. The zero-order valence-corrected chi connectivity index (χ0v) is 13.9. The van der Waals surface area contributed by atoms with Crippen molar-refractivity contribution >= 4 is 18.3 Å².